The molecule has 134 valence electrons. The van der Waals surface area contributed by atoms with E-state index in [9.17, 15) is 22.5 Å². The van der Waals surface area contributed by atoms with Crippen LogP contribution in [0.4, 0.5) is 8.78 Å². The third kappa shape index (κ3) is 3.09. The van der Waals surface area contributed by atoms with Crippen LogP contribution in [0, 0.1) is 18.3 Å². The lowest BCUT2D eigenvalue weighted by molar-refractivity contribution is -0.0518. The molecule has 0 aliphatic carbocycles. The topological polar surface area (TPSA) is 109 Å². The molecule has 1 N–H and O–H groups in total. The first-order valence-corrected chi connectivity index (χ1v) is 9.14. The average molecular weight is 378 g/mol. The van der Waals surface area contributed by atoms with Crippen LogP contribution in [-0.2, 0) is 9.84 Å². The van der Waals surface area contributed by atoms with Crippen molar-refractivity contribution in [2.24, 2.45) is 0 Å². The molecule has 2 aromatic heterocycles. The smallest absolute Gasteiger partial charge is 0.388 e. The van der Waals surface area contributed by atoms with Gasteiger partial charge in [-0.25, -0.2) is 13.4 Å². The zero-order valence-electron chi connectivity index (χ0n) is 13.6. The SMILES string of the molecule is Cc1cc(-c2c(C#N)ncc3[nH]nc(OC(F)F)c23)ccc1S(C)(=O)=O. The highest BCUT2D eigenvalue weighted by molar-refractivity contribution is 7.90. The number of nitrogens with one attached hydrogen (secondary N) is 1. The van der Waals surface area contributed by atoms with E-state index in [1.54, 1.807) is 13.0 Å². The molecule has 10 heteroatoms. The highest BCUT2D eigenvalue weighted by Crippen LogP contribution is 2.37. The van der Waals surface area contributed by atoms with Gasteiger partial charge in [-0.2, -0.15) is 14.0 Å². The lowest BCUT2D eigenvalue weighted by atomic mass is 9.99. The molecule has 0 saturated carbocycles. The first-order valence-electron chi connectivity index (χ1n) is 7.25. The van der Waals surface area contributed by atoms with E-state index in [1.807, 2.05) is 6.07 Å². The molecule has 3 aromatic rings. The summed E-state index contributed by atoms with van der Waals surface area (Å²) in [5.41, 5.74) is 1.40. The van der Waals surface area contributed by atoms with Crippen LogP contribution in [0.3, 0.4) is 0 Å². The van der Waals surface area contributed by atoms with Crippen molar-refractivity contribution in [3.63, 3.8) is 0 Å². The van der Waals surface area contributed by atoms with Crippen molar-refractivity contribution in [2.75, 3.05) is 6.26 Å². The number of halogens is 2. The number of alkyl halides is 2. The maximum atomic E-state index is 12.7. The van der Waals surface area contributed by atoms with Crippen molar-refractivity contribution in [1.29, 1.82) is 5.26 Å². The highest BCUT2D eigenvalue weighted by atomic mass is 32.2. The van der Waals surface area contributed by atoms with E-state index in [0.29, 0.717) is 16.6 Å². The number of benzene rings is 1. The van der Waals surface area contributed by atoms with Gasteiger partial charge in [-0.3, -0.25) is 5.10 Å². The molecule has 0 unspecified atom stereocenters. The largest absolute Gasteiger partial charge is 0.415 e. The number of sulfone groups is 1. The molecule has 0 spiro atoms. The Labute approximate surface area is 147 Å². The summed E-state index contributed by atoms with van der Waals surface area (Å²) in [4.78, 5) is 4.14. The van der Waals surface area contributed by atoms with Gasteiger partial charge in [0.25, 0.3) is 0 Å². The lowest BCUT2D eigenvalue weighted by Crippen LogP contribution is -2.03. The van der Waals surface area contributed by atoms with Crippen LogP contribution in [0.2, 0.25) is 0 Å². The molecule has 1 aromatic carbocycles. The van der Waals surface area contributed by atoms with Crippen molar-refractivity contribution < 1.29 is 21.9 Å². The molecule has 0 bridgehead atoms. The van der Waals surface area contributed by atoms with Crippen LogP contribution in [0.1, 0.15) is 11.3 Å². The van der Waals surface area contributed by atoms with E-state index < -0.39 is 16.4 Å². The summed E-state index contributed by atoms with van der Waals surface area (Å²) in [7, 11) is -3.43. The molecular formula is C16H12F2N4O3S. The van der Waals surface area contributed by atoms with E-state index in [0.717, 1.165) is 6.26 Å². The summed E-state index contributed by atoms with van der Waals surface area (Å²) < 4.78 is 53.3. The fraction of sp³-hybridized carbons (Fsp3) is 0.188. The first kappa shape index (κ1) is 17.8. The number of rotatable bonds is 4. The van der Waals surface area contributed by atoms with Crippen molar-refractivity contribution >= 4 is 20.7 Å². The van der Waals surface area contributed by atoms with Crippen molar-refractivity contribution in [3.8, 4) is 23.1 Å². The lowest BCUT2D eigenvalue weighted by Gasteiger charge is -2.10. The minimum atomic E-state index is -3.43. The van der Waals surface area contributed by atoms with Gasteiger partial charge in [0.15, 0.2) is 9.84 Å². The fourth-order valence-electron chi connectivity index (χ4n) is 2.74. The predicted octanol–water partition coefficient (Wildman–Crippen LogP) is 2.81. The van der Waals surface area contributed by atoms with E-state index in [1.165, 1.54) is 18.3 Å². The van der Waals surface area contributed by atoms with Crippen LogP contribution in [0.5, 0.6) is 5.88 Å². The molecule has 0 saturated heterocycles. The van der Waals surface area contributed by atoms with Crippen molar-refractivity contribution in [2.45, 2.75) is 18.4 Å². The molecule has 0 fully saturated rings. The number of fused-ring (bicyclic) bond motifs is 1. The molecule has 0 aliphatic heterocycles. The van der Waals surface area contributed by atoms with Gasteiger partial charge in [0.1, 0.15) is 11.8 Å². The molecular weight excluding hydrogens is 366 g/mol. The standard InChI is InChI=1S/C16H12F2N4O3S/c1-8-5-9(3-4-12(8)26(2,23)24)13-10(6-19)20-7-11-14(13)15(22-21-11)25-16(17)18/h3-5,7,16H,1-2H3,(H,21,22). The van der Waals surface area contributed by atoms with E-state index >= 15 is 0 Å². The van der Waals surface area contributed by atoms with E-state index in [2.05, 4.69) is 19.9 Å². The minimum Gasteiger partial charge on any atom is -0.415 e. The Balaban J connectivity index is 2.32. The minimum absolute atomic E-state index is 0.0236. The van der Waals surface area contributed by atoms with Gasteiger partial charge in [0, 0.05) is 11.8 Å². The van der Waals surface area contributed by atoms with Gasteiger partial charge in [0.05, 0.1) is 22.0 Å². The third-order valence-corrected chi connectivity index (χ3v) is 5.00. The molecule has 7 nitrogen and oxygen atoms in total. The number of H-pyrrole nitrogens is 1. The zero-order chi connectivity index (χ0) is 19.1. The maximum Gasteiger partial charge on any atom is 0.388 e. The van der Waals surface area contributed by atoms with Crippen LogP contribution in [-0.4, -0.2) is 36.5 Å². The second-order valence-corrected chi connectivity index (χ2v) is 7.53. The number of aromatic nitrogens is 3. The average Bonchev–Trinajstić information content (AvgIpc) is 2.95. The summed E-state index contributed by atoms with van der Waals surface area (Å²) in [6.45, 7) is -1.49. The van der Waals surface area contributed by atoms with Crippen molar-refractivity contribution in [1.82, 2.24) is 15.2 Å². The molecule has 3 rings (SSSR count). The number of nitriles is 1. The van der Waals surface area contributed by atoms with Crippen LogP contribution in [0.25, 0.3) is 22.0 Å². The Morgan fingerprint density at radius 3 is 2.65 bits per heavy atom. The van der Waals surface area contributed by atoms with Crippen LogP contribution >= 0.6 is 0 Å². The summed E-state index contributed by atoms with van der Waals surface area (Å²) in [6.07, 6.45) is 2.38. The number of hydrogen-bond acceptors (Lipinski definition) is 6. The second kappa shape index (κ2) is 6.34. The van der Waals surface area contributed by atoms with Crippen LogP contribution in [0.15, 0.2) is 29.3 Å². The highest BCUT2D eigenvalue weighted by Gasteiger charge is 2.21. The Kier molecular flexibility index (Phi) is 4.33. The fourth-order valence-corrected chi connectivity index (χ4v) is 3.70. The number of aromatic amines is 1. The third-order valence-electron chi connectivity index (χ3n) is 3.74. The van der Waals surface area contributed by atoms with Gasteiger partial charge < -0.3 is 4.74 Å². The molecule has 26 heavy (non-hydrogen) atoms. The summed E-state index contributed by atoms with van der Waals surface area (Å²) in [5.74, 6) is -0.367. The van der Waals surface area contributed by atoms with Gasteiger partial charge >= 0.3 is 6.61 Å². The van der Waals surface area contributed by atoms with Gasteiger partial charge in [0.2, 0.25) is 5.88 Å². The first-order chi connectivity index (χ1) is 12.2. The molecule has 0 radical (unpaired) electrons. The summed E-state index contributed by atoms with van der Waals surface area (Å²) in [5, 5.41) is 15.8. The van der Waals surface area contributed by atoms with Crippen LogP contribution < -0.4 is 4.74 Å². The van der Waals surface area contributed by atoms with Gasteiger partial charge in [-0.1, -0.05) is 12.1 Å². The van der Waals surface area contributed by atoms with Crippen molar-refractivity contribution in [3.05, 3.63) is 35.7 Å². The number of hydrogen-bond donors (Lipinski definition) is 1. The quantitative estimate of drug-likeness (QED) is 0.748. The Morgan fingerprint density at radius 1 is 1.35 bits per heavy atom. The van der Waals surface area contributed by atoms with E-state index in [-0.39, 0.29) is 27.4 Å². The van der Waals surface area contributed by atoms with Gasteiger partial charge in [-0.05, 0) is 24.1 Å². The normalized spacial score (nSPS) is 11.7. The van der Waals surface area contributed by atoms with Gasteiger partial charge in [-0.15, -0.1) is 5.10 Å². The predicted molar refractivity (Wildman–Crippen MR) is 88.5 cm³/mol. The second-order valence-electron chi connectivity index (χ2n) is 5.54. The zero-order valence-corrected chi connectivity index (χ0v) is 14.4. The molecule has 0 atom stereocenters. The Bertz CT molecular complexity index is 1150. The summed E-state index contributed by atoms with van der Waals surface area (Å²) >= 11 is 0. The molecule has 0 aliphatic rings. The van der Waals surface area contributed by atoms with E-state index in [4.69, 9.17) is 0 Å². The molecule has 0 amide bonds. The Morgan fingerprint density at radius 2 is 2.08 bits per heavy atom. The monoisotopic (exact) mass is 378 g/mol. The molecule has 2 heterocycles. The number of nitrogens with zero attached hydrogens (tertiary/aromatic N) is 3. The number of aryl methyl sites for hydroxylation is 1. The Hall–Kier alpha value is -3.06. The maximum absolute atomic E-state index is 12.7. The number of pyridine rings is 1. The summed E-state index contributed by atoms with van der Waals surface area (Å²) in [6, 6.07) is 6.34. The number of ether oxygens (including phenoxy) is 1.